The number of furan rings is 1. The van der Waals surface area contributed by atoms with E-state index in [2.05, 4.69) is 15.5 Å². The van der Waals surface area contributed by atoms with Gasteiger partial charge in [-0.25, -0.2) is 0 Å². The molecular weight excluding hydrogens is 448 g/mol. The lowest BCUT2D eigenvalue weighted by atomic mass is 10.0. The van der Waals surface area contributed by atoms with Gasteiger partial charge >= 0.3 is 0 Å². The predicted octanol–water partition coefficient (Wildman–Crippen LogP) is 5.20. The van der Waals surface area contributed by atoms with Crippen molar-refractivity contribution in [2.45, 2.75) is 31.0 Å². The maximum Gasteiger partial charge on any atom is 0.230 e. The van der Waals surface area contributed by atoms with Gasteiger partial charge in [-0.05, 0) is 61.6 Å². The Bertz CT molecular complexity index is 1260. The Balaban J connectivity index is 1.34. The third kappa shape index (κ3) is 4.72. The number of hydrogen-bond donors (Lipinski definition) is 1. The fourth-order valence-corrected chi connectivity index (χ4v) is 4.79. The maximum atomic E-state index is 13.0. The van der Waals surface area contributed by atoms with Gasteiger partial charge in [-0.15, -0.1) is 10.2 Å². The van der Waals surface area contributed by atoms with E-state index in [4.69, 9.17) is 9.15 Å². The van der Waals surface area contributed by atoms with E-state index in [0.29, 0.717) is 16.9 Å². The van der Waals surface area contributed by atoms with Crippen molar-refractivity contribution < 1.29 is 13.9 Å². The number of benzene rings is 2. The van der Waals surface area contributed by atoms with Crippen LogP contribution in [0.4, 0.5) is 0 Å². The van der Waals surface area contributed by atoms with Crippen molar-refractivity contribution in [2.24, 2.45) is 5.92 Å². The largest absolute Gasteiger partial charge is 0.497 e. The van der Waals surface area contributed by atoms with Gasteiger partial charge in [0.05, 0.1) is 30.7 Å². The van der Waals surface area contributed by atoms with Crippen molar-refractivity contribution in [3.05, 3.63) is 78.3 Å². The molecule has 0 spiro atoms. The third-order valence-corrected chi connectivity index (χ3v) is 6.89. The first-order valence-electron chi connectivity index (χ1n) is 11.3. The summed E-state index contributed by atoms with van der Waals surface area (Å²) in [6.07, 6.45) is 3.89. The quantitative estimate of drug-likeness (QED) is 0.336. The summed E-state index contributed by atoms with van der Waals surface area (Å²) in [5.74, 6) is 2.96. The number of para-hydroxylation sites is 1. The van der Waals surface area contributed by atoms with Crippen LogP contribution in [0.1, 0.15) is 30.2 Å². The van der Waals surface area contributed by atoms with E-state index < -0.39 is 0 Å². The molecule has 1 unspecified atom stereocenters. The fraction of sp³-hybridized carbons (Fsp3) is 0.269. The molecule has 1 aliphatic carbocycles. The van der Waals surface area contributed by atoms with Crippen molar-refractivity contribution in [1.29, 1.82) is 0 Å². The summed E-state index contributed by atoms with van der Waals surface area (Å²) in [4.78, 5) is 13.0. The lowest BCUT2D eigenvalue weighted by molar-refractivity contribution is -0.119. The van der Waals surface area contributed by atoms with Gasteiger partial charge in [-0.2, -0.15) is 0 Å². The SMILES string of the molecule is COc1ccc(C(NC(=O)CSc2nnc(-c3ccoc3C)n2-c2ccccc2)C2CC2)cc1. The van der Waals surface area contributed by atoms with Gasteiger partial charge in [0.15, 0.2) is 11.0 Å². The number of carbonyl (C=O) groups excluding carboxylic acids is 1. The first kappa shape index (κ1) is 22.3. The van der Waals surface area contributed by atoms with E-state index in [9.17, 15) is 4.79 Å². The minimum Gasteiger partial charge on any atom is -0.497 e. The number of amides is 1. The standard InChI is InChI=1S/C26H26N4O3S/c1-17-22(14-15-33-17)25-28-29-26(30(25)20-6-4-3-5-7-20)34-16-23(31)27-24(18-8-9-18)19-10-12-21(32-2)13-11-19/h3-7,10-15,18,24H,8-9,16H2,1-2H3,(H,27,31). The minimum absolute atomic E-state index is 0.00939. The minimum atomic E-state index is -0.0265. The Morgan fingerprint density at radius 1 is 1.15 bits per heavy atom. The van der Waals surface area contributed by atoms with Crippen LogP contribution in [-0.2, 0) is 4.79 Å². The summed E-state index contributed by atoms with van der Waals surface area (Å²) in [7, 11) is 1.65. The topological polar surface area (TPSA) is 82.2 Å². The Labute approximate surface area is 202 Å². The van der Waals surface area contributed by atoms with Crippen LogP contribution in [0.5, 0.6) is 5.75 Å². The highest BCUT2D eigenvalue weighted by atomic mass is 32.2. The summed E-state index contributed by atoms with van der Waals surface area (Å²) in [6, 6.07) is 19.7. The molecule has 2 aromatic heterocycles. The summed E-state index contributed by atoms with van der Waals surface area (Å²) < 4.78 is 12.7. The van der Waals surface area contributed by atoms with Gasteiger partial charge in [0.1, 0.15) is 11.5 Å². The number of carbonyl (C=O) groups is 1. The van der Waals surface area contributed by atoms with Gasteiger partial charge in [0, 0.05) is 5.69 Å². The van der Waals surface area contributed by atoms with Crippen LogP contribution in [0, 0.1) is 12.8 Å². The molecule has 2 aromatic carbocycles. The summed E-state index contributed by atoms with van der Waals surface area (Å²) in [5, 5.41) is 12.7. The van der Waals surface area contributed by atoms with E-state index >= 15 is 0 Å². The van der Waals surface area contributed by atoms with E-state index in [0.717, 1.165) is 41.2 Å². The first-order valence-corrected chi connectivity index (χ1v) is 12.2. The Kier molecular flexibility index (Phi) is 6.40. The van der Waals surface area contributed by atoms with Crippen LogP contribution in [0.15, 0.2) is 76.5 Å². The van der Waals surface area contributed by atoms with E-state index in [1.54, 1.807) is 13.4 Å². The molecule has 2 heterocycles. The van der Waals surface area contributed by atoms with Crippen molar-refractivity contribution in [1.82, 2.24) is 20.1 Å². The van der Waals surface area contributed by atoms with Gasteiger partial charge < -0.3 is 14.5 Å². The lowest BCUT2D eigenvalue weighted by Crippen LogP contribution is -2.31. The van der Waals surface area contributed by atoms with Crippen LogP contribution < -0.4 is 10.1 Å². The number of aryl methyl sites for hydroxylation is 1. The number of nitrogens with one attached hydrogen (secondary N) is 1. The second-order valence-corrected chi connectivity index (χ2v) is 9.25. The number of methoxy groups -OCH3 is 1. The average molecular weight is 475 g/mol. The highest BCUT2D eigenvalue weighted by Crippen LogP contribution is 2.41. The zero-order valence-corrected chi connectivity index (χ0v) is 19.9. The second-order valence-electron chi connectivity index (χ2n) is 8.31. The molecule has 7 nitrogen and oxygen atoms in total. The fourth-order valence-electron chi connectivity index (χ4n) is 4.02. The second kappa shape index (κ2) is 9.77. The average Bonchev–Trinajstić information content (AvgIpc) is 3.49. The number of ether oxygens (including phenoxy) is 1. The maximum absolute atomic E-state index is 13.0. The van der Waals surface area contributed by atoms with Crippen molar-refractivity contribution in [2.75, 3.05) is 12.9 Å². The van der Waals surface area contributed by atoms with Crippen LogP contribution in [0.2, 0.25) is 0 Å². The molecule has 174 valence electrons. The Hall–Kier alpha value is -3.52. The van der Waals surface area contributed by atoms with E-state index in [1.807, 2.05) is 72.2 Å². The van der Waals surface area contributed by atoms with Gasteiger partial charge in [-0.1, -0.05) is 42.1 Å². The molecule has 0 saturated heterocycles. The van der Waals surface area contributed by atoms with E-state index in [-0.39, 0.29) is 17.7 Å². The molecule has 1 atom stereocenters. The molecule has 0 radical (unpaired) electrons. The molecule has 4 aromatic rings. The van der Waals surface area contributed by atoms with Gasteiger partial charge in [0.25, 0.3) is 0 Å². The first-order chi connectivity index (χ1) is 16.6. The zero-order valence-electron chi connectivity index (χ0n) is 19.1. The van der Waals surface area contributed by atoms with Crippen molar-refractivity contribution >= 4 is 17.7 Å². The molecule has 1 amide bonds. The number of rotatable bonds is 9. The molecule has 5 rings (SSSR count). The molecule has 1 saturated carbocycles. The molecule has 0 aliphatic heterocycles. The molecule has 1 N–H and O–H groups in total. The molecule has 1 fully saturated rings. The van der Waals surface area contributed by atoms with Crippen LogP contribution >= 0.6 is 11.8 Å². The highest BCUT2D eigenvalue weighted by Gasteiger charge is 2.33. The Morgan fingerprint density at radius 3 is 2.56 bits per heavy atom. The van der Waals surface area contributed by atoms with E-state index in [1.165, 1.54) is 11.8 Å². The summed E-state index contributed by atoms with van der Waals surface area (Å²) in [5.41, 5.74) is 2.91. The molecule has 8 heteroatoms. The predicted molar refractivity (Wildman–Crippen MR) is 131 cm³/mol. The highest BCUT2D eigenvalue weighted by molar-refractivity contribution is 7.99. The van der Waals surface area contributed by atoms with Gasteiger partial charge in [0.2, 0.25) is 5.91 Å². The smallest absolute Gasteiger partial charge is 0.230 e. The number of nitrogens with zero attached hydrogens (tertiary/aromatic N) is 3. The monoisotopic (exact) mass is 474 g/mol. The van der Waals surface area contributed by atoms with Crippen LogP contribution in [0.3, 0.4) is 0 Å². The van der Waals surface area contributed by atoms with Crippen molar-refractivity contribution in [3.63, 3.8) is 0 Å². The van der Waals surface area contributed by atoms with Gasteiger partial charge in [-0.3, -0.25) is 9.36 Å². The van der Waals surface area contributed by atoms with Crippen molar-refractivity contribution in [3.8, 4) is 22.8 Å². The third-order valence-electron chi connectivity index (χ3n) is 5.96. The zero-order chi connectivity index (χ0) is 23.5. The summed E-state index contributed by atoms with van der Waals surface area (Å²) >= 11 is 1.38. The molecule has 0 bridgehead atoms. The van der Waals surface area contributed by atoms with Crippen LogP contribution in [0.25, 0.3) is 17.1 Å². The molecule has 34 heavy (non-hydrogen) atoms. The Morgan fingerprint density at radius 2 is 1.91 bits per heavy atom. The molecule has 1 aliphatic rings. The van der Waals surface area contributed by atoms with Crippen LogP contribution in [-0.4, -0.2) is 33.5 Å². The number of hydrogen-bond acceptors (Lipinski definition) is 6. The molecular formula is C26H26N4O3S. The summed E-state index contributed by atoms with van der Waals surface area (Å²) in [6.45, 7) is 1.90. The normalized spacial score (nSPS) is 14.1. The lowest BCUT2D eigenvalue weighted by Gasteiger charge is -2.19. The number of aromatic nitrogens is 3. The number of thioether (sulfide) groups is 1.